The van der Waals surface area contributed by atoms with Crippen molar-refractivity contribution in [1.82, 2.24) is 10.2 Å². The molecule has 0 spiro atoms. The molecule has 0 atom stereocenters. The molecule has 3 amide bonds. The van der Waals surface area contributed by atoms with Crippen LogP contribution in [0.1, 0.15) is 53.8 Å². The average molecular weight is 332 g/mol. The van der Waals surface area contributed by atoms with Gasteiger partial charge in [-0.3, -0.25) is 24.1 Å². The molecular formula is C17H20N2O5. The van der Waals surface area contributed by atoms with E-state index in [1.807, 2.05) is 0 Å². The standard InChI is InChI=1S/C17H20N2O5/c1-17(2,9-7-14(21)22)18-13(20)8-10-19-15(23)11-5-3-4-6-12(11)16(19)24/h3-6H,7-10H2,1-2H3,(H,18,20)(H,21,22). The van der Waals surface area contributed by atoms with Crippen molar-refractivity contribution in [1.29, 1.82) is 0 Å². The lowest BCUT2D eigenvalue weighted by Crippen LogP contribution is -2.45. The van der Waals surface area contributed by atoms with Crippen LogP contribution in [0.15, 0.2) is 24.3 Å². The molecule has 2 N–H and O–H groups in total. The maximum absolute atomic E-state index is 12.2. The zero-order valence-electron chi connectivity index (χ0n) is 13.7. The summed E-state index contributed by atoms with van der Waals surface area (Å²) in [5, 5.41) is 11.4. The van der Waals surface area contributed by atoms with E-state index in [-0.39, 0.29) is 25.3 Å². The van der Waals surface area contributed by atoms with Gasteiger partial charge in [0.25, 0.3) is 11.8 Å². The summed E-state index contributed by atoms with van der Waals surface area (Å²) in [4.78, 5) is 48.1. The van der Waals surface area contributed by atoms with Crippen LogP contribution >= 0.6 is 0 Å². The molecule has 24 heavy (non-hydrogen) atoms. The van der Waals surface area contributed by atoms with Gasteiger partial charge in [-0.15, -0.1) is 0 Å². The average Bonchev–Trinajstić information content (AvgIpc) is 2.75. The molecule has 0 aromatic heterocycles. The molecule has 1 aromatic carbocycles. The first-order valence-corrected chi connectivity index (χ1v) is 7.69. The second-order valence-electron chi connectivity index (χ2n) is 6.38. The minimum atomic E-state index is -0.927. The van der Waals surface area contributed by atoms with Gasteiger partial charge in [0.2, 0.25) is 5.91 Å². The summed E-state index contributed by atoms with van der Waals surface area (Å²) in [5.41, 5.74) is 0.0340. The Labute approximate surface area is 139 Å². The third-order valence-corrected chi connectivity index (χ3v) is 3.88. The highest BCUT2D eigenvalue weighted by atomic mass is 16.4. The summed E-state index contributed by atoms with van der Waals surface area (Å²) >= 11 is 0. The zero-order valence-corrected chi connectivity index (χ0v) is 13.7. The molecular weight excluding hydrogens is 312 g/mol. The smallest absolute Gasteiger partial charge is 0.303 e. The molecule has 7 nitrogen and oxygen atoms in total. The number of fused-ring (bicyclic) bond motifs is 1. The highest BCUT2D eigenvalue weighted by Crippen LogP contribution is 2.22. The number of hydrogen-bond donors (Lipinski definition) is 2. The Morgan fingerprint density at radius 1 is 1.08 bits per heavy atom. The van der Waals surface area contributed by atoms with Gasteiger partial charge in [0.05, 0.1) is 11.1 Å². The molecule has 0 unspecified atom stereocenters. The van der Waals surface area contributed by atoms with E-state index < -0.39 is 23.3 Å². The maximum Gasteiger partial charge on any atom is 0.303 e. The van der Waals surface area contributed by atoms with Crippen LogP contribution in [-0.4, -0.2) is 45.8 Å². The van der Waals surface area contributed by atoms with Crippen LogP contribution < -0.4 is 5.32 Å². The van der Waals surface area contributed by atoms with Crippen molar-refractivity contribution >= 4 is 23.7 Å². The van der Waals surface area contributed by atoms with E-state index >= 15 is 0 Å². The Morgan fingerprint density at radius 2 is 1.62 bits per heavy atom. The van der Waals surface area contributed by atoms with Crippen molar-refractivity contribution < 1.29 is 24.3 Å². The maximum atomic E-state index is 12.2. The molecule has 1 aliphatic rings. The van der Waals surface area contributed by atoms with E-state index in [1.165, 1.54) is 0 Å². The van der Waals surface area contributed by atoms with Crippen LogP contribution in [0.5, 0.6) is 0 Å². The molecule has 0 aliphatic carbocycles. The third-order valence-electron chi connectivity index (χ3n) is 3.88. The van der Waals surface area contributed by atoms with Crippen molar-refractivity contribution in [3.63, 3.8) is 0 Å². The van der Waals surface area contributed by atoms with Crippen molar-refractivity contribution in [3.05, 3.63) is 35.4 Å². The van der Waals surface area contributed by atoms with Crippen molar-refractivity contribution in [3.8, 4) is 0 Å². The first-order valence-electron chi connectivity index (χ1n) is 7.69. The second-order valence-corrected chi connectivity index (χ2v) is 6.38. The number of carboxylic acids is 1. The normalized spacial score (nSPS) is 13.8. The third kappa shape index (κ3) is 3.98. The lowest BCUT2D eigenvalue weighted by molar-refractivity contribution is -0.137. The van der Waals surface area contributed by atoms with Gasteiger partial charge >= 0.3 is 5.97 Å². The van der Waals surface area contributed by atoms with Crippen LogP contribution in [0, 0.1) is 0 Å². The number of amides is 3. The van der Waals surface area contributed by atoms with Crippen molar-refractivity contribution in [2.75, 3.05) is 6.54 Å². The molecule has 0 radical (unpaired) electrons. The fourth-order valence-electron chi connectivity index (χ4n) is 2.58. The number of nitrogens with one attached hydrogen (secondary N) is 1. The van der Waals surface area contributed by atoms with Gasteiger partial charge in [0.15, 0.2) is 0 Å². The summed E-state index contributed by atoms with van der Waals surface area (Å²) in [6.07, 6.45) is 0.217. The van der Waals surface area contributed by atoms with Crippen LogP contribution in [0.3, 0.4) is 0 Å². The second kappa shape index (κ2) is 6.82. The Kier molecular flexibility index (Phi) is 5.02. The quantitative estimate of drug-likeness (QED) is 0.735. The first kappa shape index (κ1) is 17.7. The monoisotopic (exact) mass is 332 g/mol. The highest BCUT2D eigenvalue weighted by Gasteiger charge is 2.35. The molecule has 1 aliphatic heterocycles. The SMILES string of the molecule is CC(C)(CCC(=O)O)NC(=O)CCN1C(=O)c2ccccc2C1=O. The predicted molar refractivity (Wildman–Crippen MR) is 85.5 cm³/mol. The predicted octanol–water partition coefficient (Wildman–Crippen LogP) is 1.43. The summed E-state index contributed by atoms with van der Waals surface area (Å²) < 4.78 is 0. The molecule has 0 saturated heterocycles. The lowest BCUT2D eigenvalue weighted by Gasteiger charge is -2.26. The number of carboxylic acid groups (broad SMARTS) is 1. The topological polar surface area (TPSA) is 104 Å². The zero-order chi connectivity index (χ0) is 17.9. The Bertz CT molecular complexity index is 661. The molecule has 0 bridgehead atoms. The van der Waals surface area contributed by atoms with Crippen molar-refractivity contribution in [2.45, 2.75) is 38.6 Å². The molecule has 0 saturated carbocycles. The number of benzene rings is 1. The first-order chi connectivity index (χ1) is 11.2. The van der Waals surface area contributed by atoms with Gasteiger partial charge in [-0.25, -0.2) is 0 Å². The van der Waals surface area contributed by atoms with E-state index in [9.17, 15) is 19.2 Å². The molecule has 2 rings (SSSR count). The fraction of sp³-hybridized carbons (Fsp3) is 0.412. The van der Waals surface area contributed by atoms with Gasteiger partial charge in [-0.1, -0.05) is 12.1 Å². The van der Waals surface area contributed by atoms with Crippen LogP contribution in [-0.2, 0) is 9.59 Å². The van der Waals surface area contributed by atoms with E-state index in [2.05, 4.69) is 5.32 Å². The molecule has 1 heterocycles. The Morgan fingerprint density at radius 3 is 2.12 bits per heavy atom. The number of hydrogen-bond acceptors (Lipinski definition) is 4. The number of imide groups is 1. The van der Waals surface area contributed by atoms with Crippen molar-refractivity contribution in [2.24, 2.45) is 0 Å². The number of carbonyl (C=O) groups excluding carboxylic acids is 3. The van der Waals surface area contributed by atoms with Gasteiger partial charge in [-0.2, -0.15) is 0 Å². The Hall–Kier alpha value is -2.70. The number of rotatable bonds is 7. The summed E-state index contributed by atoms with van der Waals surface area (Å²) in [6, 6.07) is 6.55. The Balaban J connectivity index is 1.90. The molecule has 0 fully saturated rings. The fourth-order valence-corrected chi connectivity index (χ4v) is 2.58. The summed E-state index contributed by atoms with van der Waals surface area (Å²) in [6.45, 7) is 3.46. The van der Waals surface area contributed by atoms with Gasteiger partial charge in [0.1, 0.15) is 0 Å². The largest absolute Gasteiger partial charge is 0.481 e. The minimum Gasteiger partial charge on any atom is -0.481 e. The van der Waals surface area contributed by atoms with E-state index in [0.29, 0.717) is 17.5 Å². The summed E-state index contributed by atoms with van der Waals surface area (Å²) in [5.74, 6) is -2.05. The van der Waals surface area contributed by atoms with Crippen LogP contribution in [0.25, 0.3) is 0 Å². The number of aliphatic carboxylic acids is 1. The van der Waals surface area contributed by atoms with Crippen LogP contribution in [0.2, 0.25) is 0 Å². The van der Waals surface area contributed by atoms with E-state index in [4.69, 9.17) is 5.11 Å². The van der Waals surface area contributed by atoms with Gasteiger partial charge < -0.3 is 10.4 Å². The van der Waals surface area contributed by atoms with Crippen LogP contribution in [0.4, 0.5) is 0 Å². The summed E-state index contributed by atoms with van der Waals surface area (Å²) in [7, 11) is 0. The molecule has 128 valence electrons. The number of nitrogens with zero attached hydrogens (tertiary/aromatic N) is 1. The van der Waals surface area contributed by atoms with E-state index in [1.54, 1.807) is 38.1 Å². The van der Waals surface area contributed by atoms with Gasteiger partial charge in [0, 0.05) is 24.9 Å². The molecule has 7 heteroatoms. The highest BCUT2D eigenvalue weighted by molar-refractivity contribution is 6.21. The lowest BCUT2D eigenvalue weighted by atomic mass is 9.98. The number of carbonyl (C=O) groups is 4. The van der Waals surface area contributed by atoms with E-state index in [0.717, 1.165) is 4.90 Å². The molecule has 1 aromatic rings. The minimum absolute atomic E-state index is 0.00676. The van der Waals surface area contributed by atoms with Gasteiger partial charge in [-0.05, 0) is 32.4 Å².